The molecule has 1 unspecified atom stereocenters. The summed E-state index contributed by atoms with van der Waals surface area (Å²) in [4.78, 5) is 18.9. The van der Waals surface area contributed by atoms with Gasteiger partial charge < -0.3 is 14.4 Å². The normalized spacial score (nSPS) is 26.2. The summed E-state index contributed by atoms with van der Waals surface area (Å²) in [5.74, 6) is 0.637. The van der Waals surface area contributed by atoms with Crippen molar-refractivity contribution in [3.8, 4) is 5.88 Å². The Bertz CT molecular complexity index is 565. The molecule has 0 radical (unpaired) electrons. The van der Waals surface area contributed by atoms with Gasteiger partial charge in [0.25, 0.3) is 5.91 Å². The zero-order chi connectivity index (χ0) is 15.0. The molecule has 5 heteroatoms. The number of carbonyl (C=O) groups is 1. The van der Waals surface area contributed by atoms with Crippen LogP contribution in [0.1, 0.15) is 42.5 Å². The number of rotatable bonds is 3. The number of ether oxygens (including phenoxy) is 2. The Kier molecular flexibility index (Phi) is 3.53. The first-order chi connectivity index (χ1) is 10.7. The summed E-state index contributed by atoms with van der Waals surface area (Å²) in [6, 6.07) is 3.55. The molecule has 1 amide bonds. The summed E-state index contributed by atoms with van der Waals surface area (Å²) in [7, 11) is 0. The van der Waals surface area contributed by atoms with E-state index in [1.54, 1.807) is 18.3 Å². The largest absolute Gasteiger partial charge is 0.472 e. The van der Waals surface area contributed by atoms with Crippen LogP contribution in [0.25, 0.3) is 0 Å². The van der Waals surface area contributed by atoms with E-state index >= 15 is 0 Å². The van der Waals surface area contributed by atoms with Crippen molar-refractivity contribution in [1.82, 2.24) is 9.88 Å². The van der Waals surface area contributed by atoms with Gasteiger partial charge in [0, 0.05) is 37.3 Å². The topological polar surface area (TPSA) is 51.7 Å². The number of hydrogen-bond acceptors (Lipinski definition) is 4. The molecule has 1 aromatic heterocycles. The van der Waals surface area contributed by atoms with Crippen LogP contribution in [0.4, 0.5) is 0 Å². The molecule has 22 heavy (non-hydrogen) atoms. The van der Waals surface area contributed by atoms with Crippen molar-refractivity contribution in [2.45, 2.75) is 38.2 Å². The maximum Gasteiger partial charge on any atom is 0.254 e. The highest BCUT2D eigenvalue weighted by Gasteiger charge is 2.44. The lowest BCUT2D eigenvalue weighted by molar-refractivity contribution is 0.0731. The van der Waals surface area contributed by atoms with Crippen LogP contribution in [-0.4, -0.2) is 48.2 Å². The van der Waals surface area contributed by atoms with Crippen LogP contribution in [0.5, 0.6) is 5.88 Å². The third kappa shape index (κ3) is 2.58. The van der Waals surface area contributed by atoms with Crippen LogP contribution in [0, 0.1) is 5.41 Å². The Morgan fingerprint density at radius 1 is 1.41 bits per heavy atom. The maximum absolute atomic E-state index is 12.7. The molecule has 118 valence electrons. The van der Waals surface area contributed by atoms with Crippen LogP contribution in [0.15, 0.2) is 18.3 Å². The molecule has 1 atom stereocenters. The number of likely N-dealkylation sites (tertiary alicyclic amines) is 1. The fourth-order valence-electron chi connectivity index (χ4n) is 3.76. The lowest BCUT2D eigenvalue weighted by atomic mass is 9.68. The number of carbonyl (C=O) groups excluding carboxylic acids is 1. The van der Waals surface area contributed by atoms with Crippen molar-refractivity contribution >= 4 is 5.91 Å². The van der Waals surface area contributed by atoms with E-state index in [0.717, 1.165) is 32.5 Å². The standard InChI is InChI=1S/C17H22N2O3/c20-16(19-8-6-17(12-19)4-1-5-17)13-2-7-18-15(10-13)22-14-3-9-21-11-14/h2,7,10,14H,1,3-6,8-9,11-12H2. The van der Waals surface area contributed by atoms with Crippen molar-refractivity contribution in [1.29, 1.82) is 0 Å². The predicted molar refractivity (Wildman–Crippen MR) is 80.9 cm³/mol. The van der Waals surface area contributed by atoms with E-state index in [4.69, 9.17) is 9.47 Å². The van der Waals surface area contributed by atoms with Crippen LogP contribution < -0.4 is 4.74 Å². The summed E-state index contributed by atoms with van der Waals surface area (Å²) in [5, 5.41) is 0. The van der Waals surface area contributed by atoms with E-state index < -0.39 is 0 Å². The second kappa shape index (κ2) is 5.54. The summed E-state index contributed by atoms with van der Waals surface area (Å²) < 4.78 is 11.1. The monoisotopic (exact) mass is 302 g/mol. The Morgan fingerprint density at radius 3 is 3.00 bits per heavy atom. The van der Waals surface area contributed by atoms with Gasteiger partial charge in [0.1, 0.15) is 6.10 Å². The molecule has 5 nitrogen and oxygen atoms in total. The molecule has 3 fully saturated rings. The molecule has 3 aliphatic rings. The second-order valence-electron chi connectivity index (χ2n) is 6.82. The molecule has 0 bridgehead atoms. The highest BCUT2D eigenvalue weighted by Crippen LogP contribution is 2.48. The number of aromatic nitrogens is 1. The molecule has 1 spiro atoms. The van der Waals surface area contributed by atoms with Crippen LogP contribution in [-0.2, 0) is 4.74 Å². The van der Waals surface area contributed by atoms with Gasteiger partial charge >= 0.3 is 0 Å². The fraction of sp³-hybridized carbons (Fsp3) is 0.647. The summed E-state index contributed by atoms with van der Waals surface area (Å²) >= 11 is 0. The van der Waals surface area contributed by atoms with Crippen molar-refractivity contribution in [3.63, 3.8) is 0 Å². The lowest BCUT2D eigenvalue weighted by Crippen LogP contribution is -2.35. The SMILES string of the molecule is O=C(c1ccnc(OC2CCOC2)c1)N1CCC2(CCC2)C1. The molecule has 0 N–H and O–H groups in total. The van der Waals surface area contributed by atoms with Gasteiger partial charge in [-0.15, -0.1) is 0 Å². The molecule has 1 saturated carbocycles. The molecule has 1 aliphatic carbocycles. The van der Waals surface area contributed by atoms with Gasteiger partial charge in [0.15, 0.2) is 0 Å². The van der Waals surface area contributed by atoms with Crippen molar-refractivity contribution in [2.24, 2.45) is 5.41 Å². The zero-order valence-corrected chi connectivity index (χ0v) is 12.8. The Balaban J connectivity index is 1.44. The van der Waals surface area contributed by atoms with Gasteiger partial charge in [-0.2, -0.15) is 0 Å². The van der Waals surface area contributed by atoms with Crippen LogP contribution in [0.2, 0.25) is 0 Å². The van der Waals surface area contributed by atoms with E-state index in [-0.39, 0.29) is 12.0 Å². The number of hydrogen-bond donors (Lipinski definition) is 0. The average Bonchev–Trinajstić information content (AvgIpc) is 3.15. The van der Waals surface area contributed by atoms with Gasteiger partial charge in [0.05, 0.1) is 13.2 Å². The number of amides is 1. The van der Waals surface area contributed by atoms with E-state index in [2.05, 4.69) is 4.98 Å². The Hall–Kier alpha value is -1.62. The van der Waals surface area contributed by atoms with Gasteiger partial charge in [-0.25, -0.2) is 4.98 Å². The highest BCUT2D eigenvalue weighted by molar-refractivity contribution is 5.94. The first kappa shape index (κ1) is 14.0. The minimum atomic E-state index is 0.0582. The molecular weight excluding hydrogens is 280 g/mol. The smallest absolute Gasteiger partial charge is 0.254 e. The highest BCUT2D eigenvalue weighted by atomic mass is 16.5. The maximum atomic E-state index is 12.7. The summed E-state index contributed by atoms with van der Waals surface area (Å²) in [5.41, 5.74) is 1.11. The van der Waals surface area contributed by atoms with E-state index in [1.165, 1.54) is 19.3 Å². The first-order valence-electron chi connectivity index (χ1n) is 8.24. The van der Waals surface area contributed by atoms with Gasteiger partial charge in [-0.05, 0) is 30.7 Å². The van der Waals surface area contributed by atoms with E-state index in [9.17, 15) is 4.79 Å². The van der Waals surface area contributed by atoms with Gasteiger partial charge in [-0.1, -0.05) is 6.42 Å². The average molecular weight is 302 g/mol. The van der Waals surface area contributed by atoms with Crippen molar-refractivity contribution < 1.29 is 14.3 Å². The van der Waals surface area contributed by atoms with E-state index in [1.807, 2.05) is 4.90 Å². The Morgan fingerprint density at radius 2 is 2.32 bits per heavy atom. The third-order valence-corrected chi connectivity index (χ3v) is 5.30. The van der Waals surface area contributed by atoms with Gasteiger partial charge in [-0.3, -0.25) is 4.79 Å². The third-order valence-electron chi connectivity index (χ3n) is 5.30. The number of pyridine rings is 1. The molecule has 1 aromatic rings. The van der Waals surface area contributed by atoms with Crippen molar-refractivity contribution in [3.05, 3.63) is 23.9 Å². The zero-order valence-electron chi connectivity index (χ0n) is 12.8. The Labute approximate surface area is 130 Å². The second-order valence-corrected chi connectivity index (χ2v) is 6.82. The van der Waals surface area contributed by atoms with E-state index in [0.29, 0.717) is 23.5 Å². The predicted octanol–water partition coefficient (Wildman–Crippen LogP) is 2.27. The minimum Gasteiger partial charge on any atom is -0.472 e. The molecule has 2 aliphatic heterocycles. The summed E-state index contributed by atoms with van der Waals surface area (Å²) in [6.07, 6.45) is 7.64. The molecule has 4 rings (SSSR count). The molecular formula is C17H22N2O3. The van der Waals surface area contributed by atoms with Crippen LogP contribution in [0.3, 0.4) is 0 Å². The summed E-state index contributed by atoms with van der Waals surface area (Å²) in [6.45, 7) is 3.14. The molecule has 2 saturated heterocycles. The quantitative estimate of drug-likeness (QED) is 0.859. The fourth-order valence-corrected chi connectivity index (χ4v) is 3.76. The first-order valence-corrected chi connectivity index (χ1v) is 8.24. The van der Waals surface area contributed by atoms with Gasteiger partial charge in [0.2, 0.25) is 5.88 Å². The molecule has 0 aromatic carbocycles. The molecule has 3 heterocycles. The van der Waals surface area contributed by atoms with Crippen molar-refractivity contribution in [2.75, 3.05) is 26.3 Å². The lowest BCUT2D eigenvalue weighted by Gasteiger charge is -2.37. The van der Waals surface area contributed by atoms with Crippen LogP contribution >= 0.6 is 0 Å². The minimum absolute atomic E-state index is 0.0582. The number of nitrogens with zero attached hydrogens (tertiary/aromatic N) is 2.